The molecule has 1 atom stereocenters. The molecule has 3 N–H and O–H groups in total. The molecule has 7 nitrogen and oxygen atoms in total. The standard InChI is InChI=1S/C37H31N3O4S/c1-40-32-18-10-8-16-30(32)36(41)34(37(40)42)33(25-12-3-2-4-13-25)35-29(28-15-7-9-17-31(28)39-35)21-22-38-45(43,44)27-20-19-24-11-5-6-14-26(24)23-27/h2-20,23,33,38-39,41H,21-22H2,1H3. The molecule has 0 aliphatic rings. The van der Waals surface area contributed by atoms with Crippen molar-refractivity contribution in [3.8, 4) is 5.75 Å². The Hall–Kier alpha value is -5.18. The number of aromatic hydroxyl groups is 1. The van der Waals surface area contributed by atoms with E-state index in [-0.39, 0.29) is 28.3 Å². The average Bonchev–Trinajstić information content (AvgIpc) is 3.43. The number of para-hydroxylation sites is 2. The SMILES string of the molecule is Cn1c(=O)c(C(c2ccccc2)c2[nH]c3ccccc3c2CCNS(=O)(=O)c2ccc3ccccc3c2)c(O)c2ccccc21. The molecule has 1 unspecified atom stereocenters. The van der Waals surface area contributed by atoms with Gasteiger partial charge in [0.2, 0.25) is 10.0 Å². The molecule has 0 amide bonds. The van der Waals surface area contributed by atoms with Crippen LogP contribution in [-0.4, -0.2) is 29.6 Å². The second kappa shape index (κ2) is 11.4. The zero-order valence-electron chi connectivity index (χ0n) is 24.6. The first-order valence-electron chi connectivity index (χ1n) is 14.8. The number of aryl methyl sites for hydroxylation is 1. The molecule has 0 radical (unpaired) electrons. The molecule has 0 aliphatic carbocycles. The summed E-state index contributed by atoms with van der Waals surface area (Å²) in [6, 6.07) is 37.5. The molecule has 2 aromatic heterocycles. The smallest absolute Gasteiger partial charge is 0.258 e. The first-order valence-corrected chi connectivity index (χ1v) is 16.3. The van der Waals surface area contributed by atoms with Gasteiger partial charge in [0.05, 0.1) is 21.9 Å². The third-order valence-corrected chi connectivity index (χ3v) is 10.0. The number of hydrogen-bond acceptors (Lipinski definition) is 4. The van der Waals surface area contributed by atoms with E-state index in [0.717, 1.165) is 38.5 Å². The maximum Gasteiger partial charge on any atom is 0.258 e. The van der Waals surface area contributed by atoms with E-state index < -0.39 is 15.9 Å². The van der Waals surface area contributed by atoms with Gasteiger partial charge in [-0.2, -0.15) is 0 Å². The number of benzene rings is 5. The number of sulfonamides is 1. The first-order chi connectivity index (χ1) is 21.8. The fraction of sp³-hybridized carbons (Fsp3) is 0.108. The van der Waals surface area contributed by atoms with Crippen molar-refractivity contribution >= 4 is 42.6 Å². The molecule has 0 saturated heterocycles. The van der Waals surface area contributed by atoms with E-state index in [9.17, 15) is 18.3 Å². The summed E-state index contributed by atoms with van der Waals surface area (Å²) in [6.45, 7) is 0.132. The molecule has 2 heterocycles. The summed E-state index contributed by atoms with van der Waals surface area (Å²) in [4.78, 5) is 17.8. The van der Waals surface area contributed by atoms with Crippen LogP contribution in [0.1, 0.15) is 28.3 Å². The topological polar surface area (TPSA) is 104 Å². The number of pyridine rings is 1. The highest BCUT2D eigenvalue weighted by Gasteiger charge is 2.30. The Morgan fingerprint density at radius 1 is 0.800 bits per heavy atom. The average molecular weight is 614 g/mol. The summed E-state index contributed by atoms with van der Waals surface area (Å²) < 4.78 is 31.1. The van der Waals surface area contributed by atoms with Gasteiger partial charge in [-0.1, -0.05) is 91.0 Å². The van der Waals surface area contributed by atoms with Crippen LogP contribution in [0.4, 0.5) is 0 Å². The lowest BCUT2D eigenvalue weighted by molar-refractivity contribution is 0.470. The number of fused-ring (bicyclic) bond motifs is 3. The van der Waals surface area contributed by atoms with Crippen molar-refractivity contribution in [2.75, 3.05) is 6.54 Å². The van der Waals surface area contributed by atoms with E-state index in [4.69, 9.17) is 0 Å². The fourth-order valence-electron chi connectivity index (χ4n) is 6.35. The molecule has 0 saturated carbocycles. The van der Waals surface area contributed by atoms with Gasteiger partial charge >= 0.3 is 0 Å². The van der Waals surface area contributed by atoms with Crippen LogP contribution < -0.4 is 10.3 Å². The third-order valence-electron chi connectivity index (χ3n) is 8.57. The van der Waals surface area contributed by atoms with Gasteiger partial charge < -0.3 is 14.7 Å². The highest BCUT2D eigenvalue weighted by Crippen LogP contribution is 2.41. The third kappa shape index (κ3) is 5.08. The minimum absolute atomic E-state index is 0.0656. The summed E-state index contributed by atoms with van der Waals surface area (Å²) in [5.74, 6) is -0.710. The molecule has 0 bridgehead atoms. The summed E-state index contributed by atoms with van der Waals surface area (Å²) in [6.07, 6.45) is 0.351. The minimum Gasteiger partial charge on any atom is -0.507 e. The van der Waals surface area contributed by atoms with Crippen molar-refractivity contribution in [2.24, 2.45) is 7.05 Å². The summed E-state index contributed by atoms with van der Waals surface area (Å²) in [7, 11) is -2.08. The predicted molar refractivity (Wildman–Crippen MR) is 179 cm³/mol. The van der Waals surface area contributed by atoms with Crippen LogP contribution in [0.3, 0.4) is 0 Å². The number of rotatable bonds is 8. The number of aromatic amines is 1. The normalized spacial score (nSPS) is 12.6. The van der Waals surface area contributed by atoms with Crippen LogP contribution in [0.25, 0.3) is 32.6 Å². The molecular weight excluding hydrogens is 582 g/mol. The lowest BCUT2D eigenvalue weighted by Gasteiger charge is -2.22. The van der Waals surface area contributed by atoms with E-state index in [1.165, 1.54) is 0 Å². The Kier molecular flexibility index (Phi) is 7.23. The van der Waals surface area contributed by atoms with Crippen molar-refractivity contribution in [2.45, 2.75) is 17.2 Å². The maximum atomic E-state index is 14.0. The quantitative estimate of drug-likeness (QED) is 0.180. The Labute approximate surface area is 260 Å². The first kappa shape index (κ1) is 28.6. The second-order valence-electron chi connectivity index (χ2n) is 11.2. The largest absolute Gasteiger partial charge is 0.507 e. The van der Waals surface area contributed by atoms with Gasteiger partial charge in [-0.05, 0) is 58.7 Å². The molecular formula is C37H31N3O4S. The number of aromatic nitrogens is 2. The van der Waals surface area contributed by atoms with E-state index >= 15 is 0 Å². The van der Waals surface area contributed by atoms with Crippen LogP contribution in [0.15, 0.2) is 131 Å². The van der Waals surface area contributed by atoms with Crippen molar-refractivity contribution in [3.63, 3.8) is 0 Å². The van der Waals surface area contributed by atoms with E-state index in [0.29, 0.717) is 17.3 Å². The highest BCUT2D eigenvalue weighted by molar-refractivity contribution is 7.89. The fourth-order valence-corrected chi connectivity index (χ4v) is 7.42. The molecule has 0 spiro atoms. The van der Waals surface area contributed by atoms with Crippen molar-refractivity contribution in [1.82, 2.24) is 14.3 Å². The van der Waals surface area contributed by atoms with Crippen LogP contribution >= 0.6 is 0 Å². The molecule has 7 aromatic rings. The molecule has 8 heteroatoms. The van der Waals surface area contributed by atoms with Crippen LogP contribution in [-0.2, 0) is 23.5 Å². The molecule has 224 valence electrons. The van der Waals surface area contributed by atoms with E-state index in [1.807, 2.05) is 109 Å². The van der Waals surface area contributed by atoms with Gasteiger partial charge in [-0.3, -0.25) is 4.79 Å². The molecule has 7 rings (SSSR count). The maximum absolute atomic E-state index is 14.0. The van der Waals surface area contributed by atoms with E-state index in [1.54, 1.807) is 23.7 Å². The zero-order valence-corrected chi connectivity index (χ0v) is 25.4. The van der Waals surface area contributed by atoms with Crippen molar-refractivity contribution in [1.29, 1.82) is 0 Å². The second-order valence-corrected chi connectivity index (χ2v) is 13.0. The van der Waals surface area contributed by atoms with Gasteiger partial charge in [0, 0.05) is 35.6 Å². The van der Waals surface area contributed by atoms with Gasteiger partial charge in [-0.15, -0.1) is 0 Å². The minimum atomic E-state index is -3.79. The number of nitrogens with zero attached hydrogens (tertiary/aromatic N) is 1. The molecule has 5 aromatic carbocycles. The Bertz CT molecular complexity index is 2380. The molecule has 0 aliphatic heterocycles. The summed E-state index contributed by atoms with van der Waals surface area (Å²) in [5.41, 5.74) is 3.87. The monoisotopic (exact) mass is 613 g/mol. The van der Waals surface area contributed by atoms with Gasteiger partial charge in [0.25, 0.3) is 5.56 Å². The Morgan fingerprint density at radius 3 is 2.27 bits per heavy atom. The highest BCUT2D eigenvalue weighted by atomic mass is 32.2. The number of nitrogens with one attached hydrogen (secondary N) is 2. The Balaban J connectivity index is 1.33. The predicted octanol–water partition coefficient (Wildman–Crippen LogP) is 6.58. The molecule has 45 heavy (non-hydrogen) atoms. The van der Waals surface area contributed by atoms with Crippen LogP contribution in [0.2, 0.25) is 0 Å². The van der Waals surface area contributed by atoms with Gasteiger partial charge in [0.1, 0.15) is 5.75 Å². The molecule has 0 fully saturated rings. The number of hydrogen-bond donors (Lipinski definition) is 3. The number of H-pyrrole nitrogens is 1. The van der Waals surface area contributed by atoms with Gasteiger partial charge in [0.15, 0.2) is 0 Å². The van der Waals surface area contributed by atoms with Crippen molar-refractivity contribution < 1.29 is 13.5 Å². The van der Waals surface area contributed by atoms with Gasteiger partial charge in [-0.25, -0.2) is 13.1 Å². The summed E-state index contributed by atoms with van der Waals surface area (Å²) in [5, 5.41) is 15.0. The van der Waals surface area contributed by atoms with Crippen LogP contribution in [0.5, 0.6) is 5.75 Å². The van der Waals surface area contributed by atoms with Crippen molar-refractivity contribution in [3.05, 3.63) is 154 Å². The lowest BCUT2D eigenvalue weighted by atomic mass is 9.85. The lowest BCUT2D eigenvalue weighted by Crippen LogP contribution is -2.27. The van der Waals surface area contributed by atoms with E-state index in [2.05, 4.69) is 9.71 Å². The van der Waals surface area contributed by atoms with Crippen LogP contribution in [0, 0.1) is 0 Å². The Morgan fingerprint density at radius 2 is 1.47 bits per heavy atom. The summed E-state index contributed by atoms with van der Waals surface area (Å²) >= 11 is 0. The zero-order chi connectivity index (χ0) is 31.1.